The SMILES string of the molecule is CN=C(NCCN1CCOCC1)NCC1COC2(CCC(C)CC2)O1. The van der Waals surface area contributed by atoms with Crippen molar-refractivity contribution in [1.82, 2.24) is 15.5 Å². The van der Waals surface area contributed by atoms with Gasteiger partial charge in [-0.1, -0.05) is 6.92 Å². The molecule has 0 amide bonds. The molecule has 3 rings (SSSR count). The molecule has 144 valence electrons. The maximum Gasteiger partial charge on any atom is 0.191 e. The number of ether oxygens (including phenoxy) is 3. The number of nitrogens with zero attached hydrogens (tertiary/aromatic N) is 2. The average Bonchev–Trinajstić information content (AvgIpc) is 3.04. The maximum atomic E-state index is 6.24. The highest BCUT2D eigenvalue weighted by molar-refractivity contribution is 5.79. The molecule has 3 fully saturated rings. The minimum Gasteiger partial charge on any atom is -0.379 e. The van der Waals surface area contributed by atoms with E-state index in [2.05, 4.69) is 27.4 Å². The zero-order valence-electron chi connectivity index (χ0n) is 15.8. The lowest BCUT2D eigenvalue weighted by Crippen LogP contribution is -2.46. The van der Waals surface area contributed by atoms with E-state index in [0.29, 0.717) is 6.61 Å². The van der Waals surface area contributed by atoms with Crippen molar-refractivity contribution in [1.29, 1.82) is 0 Å². The van der Waals surface area contributed by atoms with E-state index in [1.807, 2.05) is 0 Å². The molecule has 1 aliphatic carbocycles. The Morgan fingerprint density at radius 1 is 1.20 bits per heavy atom. The van der Waals surface area contributed by atoms with Crippen molar-refractivity contribution in [2.24, 2.45) is 10.9 Å². The molecule has 7 nitrogen and oxygen atoms in total. The number of hydrogen-bond acceptors (Lipinski definition) is 5. The van der Waals surface area contributed by atoms with E-state index in [9.17, 15) is 0 Å². The molecule has 1 unspecified atom stereocenters. The molecule has 0 aromatic rings. The van der Waals surface area contributed by atoms with E-state index in [-0.39, 0.29) is 11.9 Å². The molecule has 2 N–H and O–H groups in total. The van der Waals surface area contributed by atoms with Crippen LogP contribution in [0, 0.1) is 5.92 Å². The number of hydrogen-bond donors (Lipinski definition) is 2. The van der Waals surface area contributed by atoms with Crippen LogP contribution in [0.1, 0.15) is 32.6 Å². The Labute approximate surface area is 151 Å². The smallest absolute Gasteiger partial charge is 0.191 e. The third-order valence-corrected chi connectivity index (χ3v) is 5.49. The van der Waals surface area contributed by atoms with Crippen LogP contribution >= 0.6 is 0 Å². The fraction of sp³-hybridized carbons (Fsp3) is 0.944. The summed E-state index contributed by atoms with van der Waals surface area (Å²) < 4.78 is 17.6. The first-order valence-electron chi connectivity index (χ1n) is 9.75. The summed E-state index contributed by atoms with van der Waals surface area (Å²) >= 11 is 0. The van der Waals surface area contributed by atoms with Crippen molar-refractivity contribution in [3.05, 3.63) is 0 Å². The Bertz CT molecular complexity index is 432. The second-order valence-corrected chi connectivity index (χ2v) is 7.48. The summed E-state index contributed by atoms with van der Waals surface area (Å²) in [7, 11) is 1.81. The van der Waals surface area contributed by atoms with Crippen molar-refractivity contribution in [2.45, 2.75) is 44.5 Å². The Balaban J connectivity index is 1.33. The van der Waals surface area contributed by atoms with Gasteiger partial charge in [0.2, 0.25) is 0 Å². The third kappa shape index (κ3) is 5.54. The lowest BCUT2D eigenvalue weighted by Gasteiger charge is -2.34. The van der Waals surface area contributed by atoms with Gasteiger partial charge in [0, 0.05) is 52.6 Å². The molecule has 0 bridgehead atoms. The van der Waals surface area contributed by atoms with Crippen LogP contribution in [0.2, 0.25) is 0 Å². The van der Waals surface area contributed by atoms with Crippen LogP contribution in [0.4, 0.5) is 0 Å². The standard InChI is InChI=1S/C18H34N4O3/c1-15-3-5-18(6-4-15)24-14-16(25-18)13-21-17(19-2)20-7-8-22-9-11-23-12-10-22/h15-16H,3-14H2,1-2H3,(H2,19,20,21). The lowest BCUT2D eigenvalue weighted by molar-refractivity contribution is -0.191. The molecular formula is C18H34N4O3. The first-order chi connectivity index (χ1) is 12.2. The molecule has 0 aromatic carbocycles. The Kier molecular flexibility index (Phi) is 6.92. The second kappa shape index (κ2) is 9.16. The zero-order chi connectivity index (χ0) is 17.5. The van der Waals surface area contributed by atoms with Crippen LogP contribution in [0.3, 0.4) is 0 Å². The van der Waals surface area contributed by atoms with Crippen LogP contribution in [-0.4, -0.2) is 82.3 Å². The van der Waals surface area contributed by atoms with Gasteiger partial charge in [0.05, 0.1) is 19.8 Å². The molecule has 3 aliphatic rings. The molecule has 2 saturated heterocycles. The Morgan fingerprint density at radius 3 is 2.68 bits per heavy atom. The normalized spacial score (nSPS) is 34.4. The van der Waals surface area contributed by atoms with Crippen LogP contribution in [0.5, 0.6) is 0 Å². The highest BCUT2D eigenvalue weighted by atomic mass is 16.7. The Hall–Kier alpha value is -0.890. The van der Waals surface area contributed by atoms with Gasteiger partial charge in [0.25, 0.3) is 0 Å². The van der Waals surface area contributed by atoms with Gasteiger partial charge < -0.3 is 24.8 Å². The van der Waals surface area contributed by atoms with Crippen LogP contribution in [0.25, 0.3) is 0 Å². The van der Waals surface area contributed by atoms with Gasteiger partial charge >= 0.3 is 0 Å². The van der Waals surface area contributed by atoms with Gasteiger partial charge in [-0.2, -0.15) is 0 Å². The van der Waals surface area contributed by atoms with E-state index < -0.39 is 0 Å². The molecule has 2 heterocycles. The quantitative estimate of drug-likeness (QED) is 0.562. The monoisotopic (exact) mass is 354 g/mol. The number of nitrogens with one attached hydrogen (secondary N) is 2. The number of aliphatic imine (C=N–C) groups is 1. The van der Waals surface area contributed by atoms with Gasteiger partial charge in [-0.05, 0) is 18.8 Å². The summed E-state index contributed by atoms with van der Waals surface area (Å²) in [6, 6.07) is 0. The summed E-state index contributed by atoms with van der Waals surface area (Å²) in [4.78, 5) is 6.71. The summed E-state index contributed by atoms with van der Waals surface area (Å²) in [5.74, 6) is 1.31. The van der Waals surface area contributed by atoms with E-state index >= 15 is 0 Å². The topological polar surface area (TPSA) is 67.4 Å². The van der Waals surface area contributed by atoms with Gasteiger partial charge in [-0.15, -0.1) is 0 Å². The molecule has 1 saturated carbocycles. The number of morpholine rings is 1. The van der Waals surface area contributed by atoms with E-state index in [1.54, 1.807) is 7.05 Å². The third-order valence-electron chi connectivity index (χ3n) is 5.49. The van der Waals surface area contributed by atoms with Gasteiger partial charge in [0.1, 0.15) is 6.10 Å². The van der Waals surface area contributed by atoms with Gasteiger partial charge in [0.15, 0.2) is 11.7 Å². The Morgan fingerprint density at radius 2 is 1.96 bits per heavy atom. The minimum absolute atomic E-state index is 0.103. The van der Waals surface area contributed by atoms with Gasteiger partial charge in [-0.3, -0.25) is 9.89 Å². The lowest BCUT2D eigenvalue weighted by atomic mass is 9.86. The van der Waals surface area contributed by atoms with Crippen molar-refractivity contribution in [3.8, 4) is 0 Å². The molecule has 1 atom stereocenters. The predicted molar refractivity (Wildman–Crippen MR) is 97.8 cm³/mol. The van der Waals surface area contributed by atoms with Gasteiger partial charge in [-0.25, -0.2) is 0 Å². The van der Waals surface area contributed by atoms with Crippen molar-refractivity contribution < 1.29 is 14.2 Å². The van der Waals surface area contributed by atoms with E-state index in [0.717, 1.165) is 70.7 Å². The first kappa shape index (κ1) is 18.9. The predicted octanol–water partition coefficient (Wildman–Crippen LogP) is 0.805. The molecular weight excluding hydrogens is 320 g/mol. The van der Waals surface area contributed by atoms with E-state index in [1.165, 1.54) is 12.8 Å². The molecule has 0 aromatic heterocycles. The van der Waals surface area contributed by atoms with Crippen molar-refractivity contribution in [2.75, 3.05) is 59.6 Å². The fourth-order valence-corrected chi connectivity index (χ4v) is 3.77. The molecule has 1 spiro atoms. The minimum atomic E-state index is -0.313. The molecule has 7 heteroatoms. The zero-order valence-corrected chi connectivity index (χ0v) is 15.8. The second-order valence-electron chi connectivity index (χ2n) is 7.48. The highest BCUT2D eigenvalue weighted by Gasteiger charge is 2.43. The molecule has 0 radical (unpaired) electrons. The van der Waals surface area contributed by atoms with Crippen LogP contribution in [0.15, 0.2) is 4.99 Å². The summed E-state index contributed by atoms with van der Waals surface area (Å²) in [6.07, 6.45) is 4.55. The number of guanidine groups is 1. The fourth-order valence-electron chi connectivity index (χ4n) is 3.77. The van der Waals surface area contributed by atoms with E-state index in [4.69, 9.17) is 14.2 Å². The van der Waals surface area contributed by atoms with Crippen LogP contribution in [-0.2, 0) is 14.2 Å². The summed E-state index contributed by atoms with van der Waals surface area (Å²) in [5, 5.41) is 6.75. The van der Waals surface area contributed by atoms with Crippen molar-refractivity contribution >= 4 is 5.96 Å². The molecule has 2 aliphatic heterocycles. The summed E-state index contributed by atoms with van der Waals surface area (Å²) in [5.41, 5.74) is 0. The molecule has 25 heavy (non-hydrogen) atoms. The largest absolute Gasteiger partial charge is 0.379 e. The summed E-state index contributed by atoms with van der Waals surface area (Å²) in [6.45, 7) is 9.31. The van der Waals surface area contributed by atoms with Crippen molar-refractivity contribution in [3.63, 3.8) is 0 Å². The first-order valence-corrected chi connectivity index (χ1v) is 9.75. The maximum absolute atomic E-state index is 6.24. The average molecular weight is 354 g/mol. The van der Waals surface area contributed by atoms with Crippen LogP contribution < -0.4 is 10.6 Å². The highest BCUT2D eigenvalue weighted by Crippen LogP contribution is 2.39. The number of rotatable bonds is 5.